The van der Waals surface area contributed by atoms with Gasteiger partial charge in [-0.05, 0) is 36.0 Å². The van der Waals surface area contributed by atoms with Gasteiger partial charge in [0.1, 0.15) is 16.0 Å². The molecule has 2 aromatic rings. The lowest BCUT2D eigenvalue weighted by molar-refractivity contribution is -0.395. The number of benzene rings is 2. The van der Waals surface area contributed by atoms with Gasteiger partial charge in [0.2, 0.25) is 5.91 Å². The van der Waals surface area contributed by atoms with Crippen LogP contribution in [0.15, 0.2) is 45.5 Å². The van der Waals surface area contributed by atoms with Gasteiger partial charge in [-0.2, -0.15) is 5.26 Å². The summed E-state index contributed by atoms with van der Waals surface area (Å²) in [5.74, 6) is -0.377. The first-order chi connectivity index (χ1) is 17.2. The Labute approximate surface area is 210 Å². The second kappa shape index (κ2) is 13.7. The van der Waals surface area contributed by atoms with E-state index in [1.807, 2.05) is 4.90 Å². The Bertz CT molecular complexity index is 1190. The number of carbonyl (C=O) groups excluding carboxylic acids is 1. The van der Waals surface area contributed by atoms with Crippen molar-refractivity contribution in [3.63, 3.8) is 0 Å². The molecule has 2 rings (SSSR count). The molecule has 0 atom stereocenters. The largest absolute Gasteiger partial charge is 0.383 e. The monoisotopic (exact) mass is 517 g/mol. The Kier molecular flexibility index (Phi) is 10.7. The summed E-state index contributed by atoms with van der Waals surface area (Å²) in [6.07, 6.45) is 0. The number of thiocyanates is 1. The second-order valence-corrected chi connectivity index (χ2v) is 7.90. The van der Waals surface area contributed by atoms with E-state index in [2.05, 4.69) is 15.5 Å². The van der Waals surface area contributed by atoms with E-state index in [0.29, 0.717) is 43.8 Å². The highest BCUT2D eigenvalue weighted by molar-refractivity contribution is 8.03. The number of methoxy groups -OCH3 is 2. The number of hydrogen-bond donors (Lipinski definition) is 1. The van der Waals surface area contributed by atoms with Gasteiger partial charge in [-0.1, -0.05) is 0 Å². The van der Waals surface area contributed by atoms with Crippen molar-refractivity contribution in [1.29, 1.82) is 5.26 Å². The molecule has 1 amide bonds. The van der Waals surface area contributed by atoms with Gasteiger partial charge in [-0.25, -0.2) is 0 Å². The van der Waals surface area contributed by atoms with Gasteiger partial charge in [-0.15, -0.1) is 10.2 Å². The van der Waals surface area contributed by atoms with Gasteiger partial charge in [0, 0.05) is 39.9 Å². The molecule has 0 saturated heterocycles. The smallest absolute Gasteiger partial charge is 0.303 e. The Morgan fingerprint density at radius 2 is 1.67 bits per heavy atom. The fraction of sp³-hybridized carbons (Fsp3) is 0.333. The molecule has 0 fully saturated rings. The van der Waals surface area contributed by atoms with Crippen molar-refractivity contribution >= 4 is 51.8 Å². The van der Waals surface area contributed by atoms with Crippen LogP contribution in [0.25, 0.3) is 0 Å². The third-order valence-corrected chi connectivity index (χ3v) is 5.30. The lowest BCUT2D eigenvalue weighted by Crippen LogP contribution is -2.30. The lowest BCUT2D eigenvalue weighted by atomic mass is 10.2. The number of nitrogens with one attached hydrogen (secondary N) is 1. The van der Waals surface area contributed by atoms with Gasteiger partial charge in [0.25, 0.3) is 5.69 Å². The Balaban J connectivity index is 2.54. The van der Waals surface area contributed by atoms with E-state index in [0.717, 1.165) is 17.8 Å². The first kappa shape index (κ1) is 28.1. The van der Waals surface area contributed by atoms with E-state index in [1.54, 1.807) is 37.8 Å². The minimum atomic E-state index is -0.830. The average molecular weight is 518 g/mol. The second-order valence-electron chi connectivity index (χ2n) is 7.07. The Hall–Kier alpha value is -4.13. The maximum absolute atomic E-state index is 11.8. The number of rotatable bonds is 13. The average Bonchev–Trinajstić information content (AvgIpc) is 2.83. The molecule has 1 N–H and O–H groups in total. The number of nitriles is 1. The van der Waals surface area contributed by atoms with Gasteiger partial charge >= 0.3 is 5.69 Å². The molecule has 0 bridgehead atoms. The molecule has 0 aliphatic heterocycles. The summed E-state index contributed by atoms with van der Waals surface area (Å²) in [6.45, 7) is 3.32. The predicted octanol–water partition coefficient (Wildman–Crippen LogP) is 4.55. The molecule has 190 valence electrons. The molecule has 0 spiro atoms. The highest BCUT2D eigenvalue weighted by atomic mass is 32.2. The number of nitrogens with zero attached hydrogens (tertiary/aromatic N) is 6. The quantitative estimate of drug-likeness (QED) is 0.130. The molecule has 0 radical (unpaired) electrons. The third-order valence-electron chi connectivity index (χ3n) is 4.66. The zero-order valence-corrected chi connectivity index (χ0v) is 20.5. The van der Waals surface area contributed by atoms with Gasteiger partial charge < -0.3 is 19.7 Å². The van der Waals surface area contributed by atoms with Crippen LogP contribution in [0.5, 0.6) is 0 Å². The van der Waals surface area contributed by atoms with E-state index in [-0.39, 0.29) is 22.2 Å². The molecular formula is C21H23N7O7S. The maximum Gasteiger partial charge on any atom is 0.303 e. The normalized spacial score (nSPS) is 10.7. The van der Waals surface area contributed by atoms with Crippen LogP contribution >= 0.6 is 11.8 Å². The fourth-order valence-corrected chi connectivity index (χ4v) is 3.53. The summed E-state index contributed by atoms with van der Waals surface area (Å²) in [6, 6.07) is 6.75. The summed E-state index contributed by atoms with van der Waals surface area (Å²) in [4.78, 5) is 34.8. The van der Waals surface area contributed by atoms with Crippen LogP contribution in [0.3, 0.4) is 0 Å². The van der Waals surface area contributed by atoms with Gasteiger partial charge in [0.05, 0.1) is 34.8 Å². The number of nitro benzene ring substituents is 2. The number of hydrogen-bond acceptors (Lipinski definition) is 12. The van der Waals surface area contributed by atoms with Crippen LogP contribution in [-0.4, -0.2) is 56.3 Å². The lowest BCUT2D eigenvalue weighted by Gasteiger charge is -2.25. The maximum atomic E-state index is 11.8. The van der Waals surface area contributed by atoms with Crippen LogP contribution in [0.1, 0.15) is 6.92 Å². The Morgan fingerprint density at radius 3 is 2.19 bits per heavy atom. The molecule has 36 heavy (non-hydrogen) atoms. The van der Waals surface area contributed by atoms with Crippen molar-refractivity contribution in [3.05, 3.63) is 50.6 Å². The summed E-state index contributed by atoms with van der Waals surface area (Å²) in [5.41, 5.74) is -0.323. The zero-order chi connectivity index (χ0) is 26.7. The number of ether oxygens (including phenoxy) is 2. The zero-order valence-electron chi connectivity index (χ0n) is 19.7. The van der Waals surface area contributed by atoms with Crippen LogP contribution in [0, 0.1) is 30.9 Å². The molecule has 0 saturated carbocycles. The molecule has 0 heterocycles. The number of azo groups is 1. The summed E-state index contributed by atoms with van der Waals surface area (Å²) < 4.78 is 10.3. The highest BCUT2D eigenvalue weighted by Gasteiger charge is 2.25. The van der Waals surface area contributed by atoms with Crippen LogP contribution in [-0.2, 0) is 14.3 Å². The molecule has 0 aliphatic carbocycles. The minimum Gasteiger partial charge on any atom is -0.383 e. The van der Waals surface area contributed by atoms with Crippen LogP contribution in [0.2, 0.25) is 0 Å². The van der Waals surface area contributed by atoms with Crippen molar-refractivity contribution in [2.45, 2.75) is 11.8 Å². The van der Waals surface area contributed by atoms with E-state index in [1.165, 1.54) is 6.92 Å². The number of amides is 1. The standard InChI is InChI=1S/C21H23N7O7S/c1-14(29)23-17-10-15(26(6-8-34-2)7-9-35-3)4-5-16(17)24-25-18-11-21(36-13-22)20(28(32)33)12-19(18)27(30)31/h4-5,10-12H,6-9H2,1-3H3,(H,23,29). The first-order valence-corrected chi connectivity index (χ1v) is 11.1. The van der Waals surface area contributed by atoms with Crippen molar-refractivity contribution < 1.29 is 24.1 Å². The van der Waals surface area contributed by atoms with E-state index >= 15 is 0 Å². The third kappa shape index (κ3) is 7.70. The molecular weight excluding hydrogens is 494 g/mol. The summed E-state index contributed by atoms with van der Waals surface area (Å²) >= 11 is 0.473. The SMILES string of the molecule is COCCN(CCOC)c1ccc(N=Nc2cc(SC#N)c([N+](=O)[O-])cc2[N+](=O)[O-])c(NC(C)=O)c1. The molecule has 0 unspecified atom stereocenters. The summed E-state index contributed by atoms with van der Waals surface area (Å²) in [5, 5.41) is 44.1. The number of anilines is 2. The van der Waals surface area contributed by atoms with Crippen molar-refractivity contribution in [2.24, 2.45) is 10.2 Å². The van der Waals surface area contributed by atoms with Crippen LogP contribution in [0.4, 0.5) is 34.1 Å². The molecule has 15 heteroatoms. The van der Waals surface area contributed by atoms with Gasteiger partial charge in [-0.3, -0.25) is 25.0 Å². The molecule has 0 aliphatic rings. The predicted molar refractivity (Wildman–Crippen MR) is 132 cm³/mol. The number of carbonyl (C=O) groups is 1. The highest BCUT2D eigenvalue weighted by Crippen LogP contribution is 2.40. The van der Waals surface area contributed by atoms with Crippen molar-refractivity contribution in [2.75, 3.05) is 50.7 Å². The molecule has 14 nitrogen and oxygen atoms in total. The fourth-order valence-electron chi connectivity index (χ4n) is 3.02. The van der Waals surface area contributed by atoms with Crippen molar-refractivity contribution in [1.82, 2.24) is 0 Å². The van der Waals surface area contributed by atoms with E-state index in [9.17, 15) is 25.0 Å². The van der Waals surface area contributed by atoms with Crippen molar-refractivity contribution in [3.8, 4) is 5.40 Å². The minimum absolute atomic E-state index is 0.119. The Morgan fingerprint density at radius 1 is 1.06 bits per heavy atom. The first-order valence-electron chi connectivity index (χ1n) is 10.3. The van der Waals surface area contributed by atoms with E-state index in [4.69, 9.17) is 14.7 Å². The topological polar surface area (TPSA) is 186 Å². The molecule has 0 aromatic heterocycles. The number of nitro groups is 2. The molecule has 2 aromatic carbocycles. The number of thioether (sulfide) groups is 1. The van der Waals surface area contributed by atoms with Gasteiger partial charge in [0.15, 0.2) is 5.69 Å². The van der Waals surface area contributed by atoms with E-state index < -0.39 is 21.2 Å². The summed E-state index contributed by atoms with van der Waals surface area (Å²) in [7, 11) is 3.16. The van der Waals surface area contributed by atoms with Crippen LogP contribution < -0.4 is 10.2 Å².